The molecule has 0 fully saturated rings. The Morgan fingerprint density at radius 2 is 1.71 bits per heavy atom. The number of amides is 1. The molecule has 1 atom stereocenters. The number of carboxylic acid groups (broad SMARTS) is 1. The Morgan fingerprint density at radius 1 is 1.06 bits per heavy atom. The summed E-state index contributed by atoms with van der Waals surface area (Å²) in [5, 5.41) is 11.2. The van der Waals surface area contributed by atoms with Crippen LogP contribution in [0.25, 0.3) is 10.9 Å². The van der Waals surface area contributed by atoms with Crippen molar-refractivity contribution in [3.8, 4) is 0 Å². The number of hydrogen-bond acceptors (Lipinski definition) is 2. The third kappa shape index (κ3) is 4.70. The lowest BCUT2D eigenvalue weighted by Crippen LogP contribution is -2.39. The Bertz CT molecular complexity index is 1280. The molecule has 0 saturated heterocycles. The van der Waals surface area contributed by atoms with E-state index in [0.29, 0.717) is 17.1 Å². The van der Waals surface area contributed by atoms with Gasteiger partial charge in [0.2, 0.25) is 0 Å². The maximum Gasteiger partial charge on any atom is 0.419 e. The van der Waals surface area contributed by atoms with E-state index in [1.54, 1.807) is 12.2 Å². The van der Waals surface area contributed by atoms with Crippen molar-refractivity contribution in [2.45, 2.75) is 38.8 Å². The summed E-state index contributed by atoms with van der Waals surface area (Å²) in [5.74, 6) is -4.24. The van der Waals surface area contributed by atoms with Gasteiger partial charge in [0, 0.05) is 17.4 Å². The number of alkyl halides is 6. The Balaban J connectivity index is 2.08. The third-order valence-electron chi connectivity index (χ3n) is 5.26. The number of carbonyl (C=O) groups is 2. The van der Waals surface area contributed by atoms with Crippen LogP contribution in [0.5, 0.6) is 0 Å². The number of aryl methyl sites for hydroxylation is 2. The average Bonchev–Trinajstić information content (AvgIpc) is 3.07. The summed E-state index contributed by atoms with van der Waals surface area (Å²) in [6, 6.07) is 1.85. The van der Waals surface area contributed by atoms with Gasteiger partial charge < -0.3 is 15.0 Å². The van der Waals surface area contributed by atoms with Crippen molar-refractivity contribution in [1.29, 1.82) is 0 Å². The van der Waals surface area contributed by atoms with E-state index >= 15 is 0 Å². The number of halogens is 7. The Morgan fingerprint density at radius 3 is 2.24 bits per heavy atom. The third-order valence-corrected chi connectivity index (χ3v) is 5.26. The standard InChI is InChI=1S/C22H17F7N2O3/c1-3-31-16-6-10(2)13(20(33)34)7-12(16)9-17(31)19(32)30-18(22(27,28)29)11-4-5-15(23)14(8-11)21(24,25)26/h4-9,18H,3H2,1-2H3,(H,30,32)(H,33,34). The monoisotopic (exact) mass is 490 g/mol. The zero-order valence-electron chi connectivity index (χ0n) is 17.6. The average molecular weight is 490 g/mol. The second-order valence-electron chi connectivity index (χ2n) is 7.49. The molecule has 34 heavy (non-hydrogen) atoms. The Kier molecular flexibility index (Phi) is 6.38. The number of aromatic nitrogens is 1. The predicted octanol–water partition coefficient (Wildman–Crippen LogP) is 5.86. The number of carboxylic acids is 1. The number of nitrogens with one attached hydrogen (secondary N) is 1. The number of hydrogen-bond donors (Lipinski definition) is 2. The normalized spacial score (nSPS) is 13.2. The van der Waals surface area contributed by atoms with E-state index < -0.39 is 47.2 Å². The molecule has 12 heteroatoms. The number of benzene rings is 2. The van der Waals surface area contributed by atoms with E-state index in [4.69, 9.17) is 0 Å². The smallest absolute Gasteiger partial charge is 0.419 e. The van der Waals surface area contributed by atoms with Gasteiger partial charge in [-0.15, -0.1) is 0 Å². The van der Waals surface area contributed by atoms with Gasteiger partial charge in [0.1, 0.15) is 11.5 Å². The number of rotatable bonds is 5. The molecule has 0 aliphatic carbocycles. The topological polar surface area (TPSA) is 71.3 Å². The molecule has 1 aromatic heterocycles. The number of nitrogens with zero attached hydrogens (tertiary/aromatic N) is 1. The first-order valence-electron chi connectivity index (χ1n) is 9.76. The molecule has 0 radical (unpaired) electrons. The van der Waals surface area contributed by atoms with Crippen molar-refractivity contribution in [3.05, 3.63) is 70.2 Å². The van der Waals surface area contributed by atoms with Gasteiger partial charge in [0.25, 0.3) is 5.91 Å². The highest BCUT2D eigenvalue weighted by Crippen LogP contribution is 2.38. The van der Waals surface area contributed by atoms with Gasteiger partial charge in [0.15, 0.2) is 6.04 Å². The zero-order chi connectivity index (χ0) is 25.6. The first-order valence-corrected chi connectivity index (χ1v) is 9.76. The Hall–Kier alpha value is -3.57. The number of carbonyl (C=O) groups excluding carboxylic acids is 1. The molecule has 0 aliphatic rings. The lowest BCUT2D eigenvalue weighted by Gasteiger charge is -2.23. The van der Waals surface area contributed by atoms with Crippen LogP contribution in [0, 0.1) is 12.7 Å². The number of aromatic carboxylic acids is 1. The van der Waals surface area contributed by atoms with Crippen molar-refractivity contribution >= 4 is 22.8 Å². The molecule has 0 aliphatic heterocycles. The molecule has 0 spiro atoms. The van der Waals surface area contributed by atoms with E-state index in [1.807, 2.05) is 0 Å². The molecule has 1 amide bonds. The molecule has 2 aromatic carbocycles. The van der Waals surface area contributed by atoms with E-state index in [1.165, 1.54) is 29.7 Å². The zero-order valence-corrected chi connectivity index (χ0v) is 17.6. The van der Waals surface area contributed by atoms with E-state index in [2.05, 4.69) is 0 Å². The van der Waals surface area contributed by atoms with Crippen LogP contribution in [0.2, 0.25) is 0 Å². The summed E-state index contributed by atoms with van der Waals surface area (Å²) in [5.41, 5.74) is -2.47. The molecular formula is C22H17F7N2O3. The molecule has 2 N–H and O–H groups in total. The van der Waals surface area contributed by atoms with Crippen molar-refractivity contribution in [2.75, 3.05) is 0 Å². The minimum absolute atomic E-state index is 0.00559. The van der Waals surface area contributed by atoms with Crippen LogP contribution < -0.4 is 5.32 Å². The van der Waals surface area contributed by atoms with E-state index in [9.17, 15) is 45.4 Å². The molecular weight excluding hydrogens is 473 g/mol. The van der Waals surface area contributed by atoms with Gasteiger partial charge in [-0.2, -0.15) is 26.3 Å². The number of fused-ring (bicyclic) bond motifs is 1. The molecule has 3 rings (SSSR count). The largest absolute Gasteiger partial charge is 0.478 e. The van der Waals surface area contributed by atoms with Crippen LogP contribution in [0.3, 0.4) is 0 Å². The molecule has 5 nitrogen and oxygen atoms in total. The van der Waals surface area contributed by atoms with E-state index in [-0.39, 0.29) is 35.3 Å². The molecule has 0 saturated carbocycles. The second kappa shape index (κ2) is 8.65. The van der Waals surface area contributed by atoms with Crippen LogP contribution >= 0.6 is 0 Å². The van der Waals surface area contributed by atoms with Gasteiger partial charge in [0.05, 0.1) is 11.1 Å². The first-order chi connectivity index (χ1) is 15.6. The fourth-order valence-electron chi connectivity index (χ4n) is 3.67. The molecule has 0 bridgehead atoms. The summed E-state index contributed by atoms with van der Waals surface area (Å²) < 4.78 is 95.1. The highest BCUT2D eigenvalue weighted by molar-refractivity contribution is 6.01. The highest BCUT2D eigenvalue weighted by atomic mass is 19.4. The summed E-state index contributed by atoms with van der Waals surface area (Å²) >= 11 is 0. The lowest BCUT2D eigenvalue weighted by molar-refractivity contribution is -0.156. The Labute approximate surface area is 187 Å². The second-order valence-corrected chi connectivity index (χ2v) is 7.49. The lowest BCUT2D eigenvalue weighted by atomic mass is 10.0. The molecule has 1 heterocycles. The SMILES string of the molecule is CCn1c(C(=O)NC(c2ccc(F)c(C(F)(F)F)c2)C(F)(F)F)cc2cc(C(=O)O)c(C)cc21. The van der Waals surface area contributed by atoms with Gasteiger partial charge in [-0.25, -0.2) is 9.18 Å². The van der Waals surface area contributed by atoms with Crippen molar-refractivity contribution in [2.24, 2.45) is 0 Å². The summed E-state index contributed by atoms with van der Waals surface area (Å²) in [6.45, 7) is 3.25. The van der Waals surface area contributed by atoms with Gasteiger partial charge in [-0.05, 0) is 55.3 Å². The van der Waals surface area contributed by atoms with Crippen LogP contribution in [0.4, 0.5) is 30.7 Å². The molecule has 182 valence electrons. The van der Waals surface area contributed by atoms with Crippen molar-refractivity contribution in [1.82, 2.24) is 9.88 Å². The van der Waals surface area contributed by atoms with E-state index in [0.717, 1.165) is 0 Å². The maximum atomic E-state index is 13.7. The van der Waals surface area contributed by atoms with Crippen LogP contribution in [0.1, 0.15) is 50.5 Å². The van der Waals surface area contributed by atoms with Gasteiger partial charge >= 0.3 is 18.3 Å². The van der Waals surface area contributed by atoms with Gasteiger partial charge in [-0.3, -0.25) is 4.79 Å². The maximum absolute atomic E-state index is 13.7. The summed E-state index contributed by atoms with van der Waals surface area (Å²) in [7, 11) is 0. The van der Waals surface area contributed by atoms with Gasteiger partial charge in [-0.1, -0.05) is 6.07 Å². The first kappa shape index (κ1) is 25.1. The fourth-order valence-corrected chi connectivity index (χ4v) is 3.67. The predicted molar refractivity (Wildman–Crippen MR) is 107 cm³/mol. The minimum atomic E-state index is -5.24. The van der Waals surface area contributed by atoms with Crippen LogP contribution in [-0.2, 0) is 12.7 Å². The van der Waals surface area contributed by atoms with Crippen molar-refractivity contribution in [3.63, 3.8) is 0 Å². The quantitative estimate of drug-likeness (QED) is 0.441. The van der Waals surface area contributed by atoms with Crippen molar-refractivity contribution < 1.29 is 45.4 Å². The molecule has 3 aromatic rings. The van der Waals surface area contributed by atoms with Crippen LogP contribution in [-0.4, -0.2) is 27.7 Å². The summed E-state index contributed by atoms with van der Waals surface area (Å²) in [4.78, 5) is 24.2. The van der Waals surface area contributed by atoms with Crippen LogP contribution in [0.15, 0.2) is 36.4 Å². The molecule has 1 unspecified atom stereocenters. The summed E-state index contributed by atoms with van der Waals surface area (Å²) in [6.07, 6.45) is -10.4. The minimum Gasteiger partial charge on any atom is -0.478 e. The fraction of sp³-hybridized carbons (Fsp3) is 0.273. The highest BCUT2D eigenvalue weighted by Gasteiger charge is 2.44.